The van der Waals surface area contributed by atoms with Crippen molar-refractivity contribution in [3.63, 3.8) is 0 Å². The van der Waals surface area contributed by atoms with E-state index in [2.05, 4.69) is 0 Å². The van der Waals surface area contributed by atoms with Crippen LogP contribution in [0.5, 0.6) is 0 Å². The number of carbonyl (C=O) groups excluding carboxylic acids is 3. The Morgan fingerprint density at radius 3 is 2.48 bits per heavy atom. The Bertz CT molecular complexity index is 883. The van der Waals surface area contributed by atoms with Crippen LogP contribution in [0.2, 0.25) is 0 Å². The van der Waals surface area contributed by atoms with E-state index in [4.69, 9.17) is 15.2 Å². The number of ketones is 1. The topological polar surface area (TPSA) is 119 Å². The van der Waals surface area contributed by atoms with Gasteiger partial charge in [-0.3, -0.25) is 9.59 Å². The summed E-state index contributed by atoms with van der Waals surface area (Å²) in [5, 5.41) is 9.39. The molecule has 2 N–H and O–H groups in total. The Morgan fingerprint density at radius 2 is 1.85 bits per heavy atom. The third kappa shape index (κ3) is 5.15. The monoisotopic (exact) mass is 386 g/mol. The molecule has 2 rings (SSSR count). The van der Waals surface area contributed by atoms with Crippen molar-refractivity contribution in [2.75, 3.05) is 12.3 Å². The second-order valence-electron chi connectivity index (χ2n) is 5.43. The van der Waals surface area contributed by atoms with E-state index in [1.807, 2.05) is 6.07 Å². The number of ether oxygens (including phenoxy) is 2. The Hall–Kier alpha value is -3.18. The maximum absolute atomic E-state index is 12.0. The van der Waals surface area contributed by atoms with Crippen molar-refractivity contribution < 1.29 is 23.9 Å². The van der Waals surface area contributed by atoms with Crippen LogP contribution >= 0.6 is 11.3 Å². The smallest absolute Gasteiger partial charge is 0.348 e. The number of carbonyl (C=O) groups is 3. The predicted molar refractivity (Wildman–Crippen MR) is 99.2 cm³/mol. The summed E-state index contributed by atoms with van der Waals surface area (Å²) < 4.78 is 10.1. The van der Waals surface area contributed by atoms with Crippen molar-refractivity contribution in [3.05, 3.63) is 51.9 Å². The SMILES string of the molecule is CCOC(=O)c1sc(N)c(C#N)c1COC(=O)CCC(=O)c1ccccc1. The minimum atomic E-state index is -0.624. The van der Waals surface area contributed by atoms with Crippen LogP contribution in [-0.4, -0.2) is 24.3 Å². The Kier molecular flexibility index (Phi) is 7.08. The quantitative estimate of drug-likeness (QED) is 0.547. The first-order valence-corrected chi connectivity index (χ1v) is 9.01. The number of benzene rings is 1. The van der Waals surface area contributed by atoms with Crippen molar-refractivity contribution in [3.8, 4) is 6.07 Å². The van der Waals surface area contributed by atoms with Gasteiger partial charge in [0.2, 0.25) is 0 Å². The van der Waals surface area contributed by atoms with Gasteiger partial charge in [0, 0.05) is 17.5 Å². The molecule has 8 heteroatoms. The number of hydrogen-bond acceptors (Lipinski definition) is 8. The number of hydrogen-bond donors (Lipinski definition) is 1. The molecule has 0 amide bonds. The van der Waals surface area contributed by atoms with E-state index in [-0.39, 0.29) is 52.8 Å². The summed E-state index contributed by atoms with van der Waals surface area (Å²) in [6.07, 6.45) is -0.103. The van der Waals surface area contributed by atoms with E-state index in [1.165, 1.54) is 0 Å². The summed E-state index contributed by atoms with van der Waals surface area (Å²) in [5.74, 6) is -1.40. The number of nitriles is 1. The van der Waals surface area contributed by atoms with Gasteiger partial charge in [-0.25, -0.2) is 4.79 Å². The highest BCUT2D eigenvalue weighted by molar-refractivity contribution is 7.18. The van der Waals surface area contributed by atoms with E-state index in [9.17, 15) is 19.6 Å². The van der Waals surface area contributed by atoms with Gasteiger partial charge in [0.05, 0.1) is 18.6 Å². The number of Topliss-reactive ketones (excluding diaryl/α,β-unsaturated/α-hetero) is 1. The van der Waals surface area contributed by atoms with Crippen LogP contribution in [0.25, 0.3) is 0 Å². The fourth-order valence-corrected chi connectivity index (χ4v) is 3.23. The molecule has 1 heterocycles. The van der Waals surface area contributed by atoms with Gasteiger partial charge >= 0.3 is 11.9 Å². The standard InChI is InChI=1S/C19H18N2O5S/c1-2-25-19(24)17-14(13(10-20)18(21)27-17)11-26-16(23)9-8-15(22)12-6-4-3-5-7-12/h3-7H,2,8-9,11,21H2,1H3. The molecule has 0 saturated heterocycles. The minimum absolute atomic E-state index is 0.00443. The lowest BCUT2D eigenvalue weighted by Gasteiger charge is -2.07. The Balaban J connectivity index is 1.99. The predicted octanol–water partition coefficient (Wildman–Crippen LogP) is 3.08. The van der Waals surface area contributed by atoms with Crippen molar-refractivity contribution in [2.24, 2.45) is 0 Å². The van der Waals surface area contributed by atoms with E-state index >= 15 is 0 Å². The van der Waals surface area contributed by atoms with Gasteiger partial charge in [-0.05, 0) is 6.92 Å². The number of nitrogen functional groups attached to an aromatic ring is 1. The first-order valence-electron chi connectivity index (χ1n) is 8.20. The minimum Gasteiger partial charge on any atom is -0.462 e. The molecule has 0 unspecified atom stereocenters. The number of nitrogens with zero attached hydrogens (tertiary/aromatic N) is 1. The maximum atomic E-state index is 12.0. The number of rotatable bonds is 8. The molecule has 0 saturated carbocycles. The summed E-state index contributed by atoms with van der Waals surface area (Å²) in [5.41, 5.74) is 6.60. The summed E-state index contributed by atoms with van der Waals surface area (Å²) >= 11 is 0.916. The van der Waals surface area contributed by atoms with E-state index in [0.29, 0.717) is 5.56 Å². The van der Waals surface area contributed by atoms with Crippen molar-refractivity contribution in [1.29, 1.82) is 5.26 Å². The van der Waals surface area contributed by atoms with Crippen LogP contribution in [0, 0.1) is 11.3 Å². The van der Waals surface area contributed by atoms with Crippen molar-refractivity contribution in [1.82, 2.24) is 0 Å². The normalized spacial score (nSPS) is 10.1. The number of esters is 2. The van der Waals surface area contributed by atoms with Gasteiger partial charge in [0.15, 0.2) is 5.78 Å². The zero-order valence-electron chi connectivity index (χ0n) is 14.7. The Morgan fingerprint density at radius 1 is 1.15 bits per heavy atom. The molecule has 27 heavy (non-hydrogen) atoms. The Labute approximate surface area is 160 Å². The van der Waals surface area contributed by atoms with Crippen LogP contribution in [0.15, 0.2) is 30.3 Å². The number of thiophene rings is 1. The van der Waals surface area contributed by atoms with Gasteiger partial charge in [0.25, 0.3) is 0 Å². The van der Waals surface area contributed by atoms with Crippen LogP contribution in [0.4, 0.5) is 5.00 Å². The van der Waals surface area contributed by atoms with Gasteiger partial charge < -0.3 is 15.2 Å². The third-order valence-corrected chi connectivity index (χ3v) is 4.68. The van der Waals surface area contributed by atoms with Crippen LogP contribution in [-0.2, 0) is 20.9 Å². The first-order chi connectivity index (χ1) is 13.0. The molecular weight excluding hydrogens is 368 g/mol. The average molecular weight is 386 g/mol. The van der Waals surface area contributed by atoms with Gasteiger partial charge in [-0.1, -0.05) is 30.3 Å². The lowest BCUT2D eigenvalue weighted by Crippen LogP contribution is -2.11. The second kappa shape index (κ2) is 9.50. The molecule has 0 aliphatic rings. The molecule has 2 aromatic rings. The van der Waals surface area contributed by atoms with Crippen LogP contribution in [0.3, 0.4) is 0 Å². The zero-order valence-corrected chi connectivity index (χ0v) is 15.5. The first kappa shape index (κ1) is 20.1. The second-order valence-corrected chi connectivity index (χ2v) is 6.48. The molecule has 1 aromatic carbocycles. The van der Waals surface area contributed by atoms with Crippen molar-refractivity contribution in [2.45, 2.75) is 26.4 Å². The lowest BCUT2D eigenvalue weighted by atomic mass is 10.1. The molecule has 0 aliphatic heterocycles. The van der Waals surface area contributed by atoms with Gasteiger partial charge in [-0.2, -0.15) is 5.26 Å². The summed E-state index contributed by atoms with van der Waals surface area (Å²) in [7, 11) is 0. The fraction of sp³-hybridized carbons (Fsp3) is 0.263. The molecule has 0 bridgehead atoms. The molecule has 0 atom stereocenters. The number of nitrogens with two attached hydrogens (primary N) is 1. The molecular formula is C19H18N2O5S. The van der Waals surface area contributed by atoms with E-state index < -0.39 is 11.9 Å². The maximum Gasteiger partial charge on any atom is 0.348 e. The van der Waals surface area contributed by atoms with Crippen LogP contribution < -0.4 is 5.73 Å². The van der Waals surface area contributed by atoms with Crippen molar-refractivity contribution >= 4 is 34.1 Å². The van der Waals surface area contributed by atoms with E-state index in [1.54, 1.807) is 37.3 Å². The largest absolute Gasteiger partial charge is 0.462 e. The van der Waals surface area contributed by atoms with Crippen LogP contribution in [0.1, 0.15) is 50.9 Å². The summed E-state index contributed by atoms with van der Waals surface area (Å²) in [6.45, 7) is 1.53. The molecule has 1 aromatic heterocycles. The molecule has 0 radical (unpaired) electrons. The summed E-state index contributed by atoms with van der Waals surface area (Å²) in [4.78, 5) is 36.1. The van der Waals surface area contributed by atoms with E-state index in [0.717, 1.165) is 11.3 Å². The fourth-order valence-electron chi connectivity index (χ4n) is 2.32. The van der Waals surface area contributed by atoms with Gasteiger partial charge in [-0.15, -0.1) is 11.3 Å². The molecule has 0 aliphatic carbocycles. The third-order valence-electron chi connectivity index (χ3n) is 3.64. The molecule has 7 nitrogen and oxygen atoms in total. The zero-order chi connectivity index (χ0) is 19.8. The lowest BCUT2D eigenvalue weighted by molar-refractivity contribution is -0.144. The van der Waals surface area contributed by atoms with Gasteiger partial charge in [0.1, 0.15) is 22.6 Å². The number of anilines is 1. The highest BCUT2D eigenvalue weighted by atomic mass is 32.1. The highest BCUT2D eigenvalue weighted by Crippen LogP contribution is 2.31. The molecule has 140 valence electrons. The average Bonchev–Trinajstić information content (AvgIpc) is 3.00. The molecule has 0 spiro atoms. The summed E-state index contributed by atoms with van der Waals surface area (Å²) in [6, 6.07) is 10.5. The molecule has 0 fully saturated rings. The highest BCUT2D eigenvalue weighted by Gasteiger charge is 2.24.